The van der Waals surface area contributed by atoms with E-state index in [2.05, 4.69) is 30.6 Å². The molecule has 9 nitrogen and oxygen atoms in total. The fourth-order valence-electron chi connectivity index (χ4n) is 2.82. The lowest BCUT2D eigenvalue weighted by Crippen LogP contribution is -2.11. The Bertz CT molecular complexity index is 1150. The quantitative estimate of drug-likeness (QED) is 0.302. The number of pyridine rings is 1. The Hall–Kier alpha value is -3.66. The third kappa shape index (κ3) is 3.45. The molecule has 0 amide bonds. The number of nitrogen functional groups attached to an aromatic ring is 1. The Morgan fingerprint density at radius 3 is 2.79 bits per heavy atom. The Morgan fingerprint density at radius 2 is 2.04 bits per heavy atom. The molecule has 0 unspecified atom stereocenters. The molecule has 10 heteroatoms. The summed E-state index contributed by atoms with van der Waals surface area (Å²) in [6, 6.07) is 13.6. The first-order chi connectivity index (χ1) is 13.7. The van der Waals surface area contributed by atoms with Gasteiger partial charge in [0.15, 0.2) is 5.71 Å². The molecule has 0 aliphatic heterocycles. The number of rotatable bonds is 5. The highest BCUT2D eigenvalue weighted by atomic mass is 32.1. The standard InChI is InChI=1S/C18H16N8OS/c1-26-17(22-24-25-26)16(23-27)14-10-28-18(21-14)13-7-3-2-5-11(13)9-12-6-4-8-15(19)20-12/h2-8,10,27H,9H2,1H3,(H2,19,20). The molecule has 0 fully saturated rings. The molecule has 0 aliphatic carbocycles. The zero-order valence-electron chi connectivity index (χ0n) is 14.9. The number of thiazole rings is 1. The normalized spacial score (nSPS) is 11.7. The van der Waals surface area contributed by atoms with Gasteiger partial charge >= 0.3 is 0 Å². The van der Waals surface area contributed by atoms with Gasteiger partial charge in [-0.15, -0.1) is 16.4 Å². The summed E-state index contributed by atoms with van der Waals surface area (Å²) in [5.74, 6) is 0.823. The van der Waals surface area contributed by atoms with Crippen molar-refractivity contribution in [2.45, 2.75) is 6.42 Å². The van der Waals surface area contributed by atoms with Gasteiger partial charge in [-0.2, -0.15) is 0 Å². The van der Waals surface area contributed by atoms with E-state index in [0.29, 0.717) is 23.8 Å². The molecule has 3 aromatic heterocycles. The van der Waals surface area contributed by atoms with Crippen LogP contribution in [0.4, 0.5) is 5.82 Å². The summed E-state index contributed by atoms with van der Waals surface area (Å²) in [7, 11) is 1.67. The highest BCUT2D eigenvalue weighted by molar-refractivity contribution is 7.13. The van der Waals surface area contributed by atoms with Crippen LogP contribution in [0, 0.1) is 0 Å². The fourth-order valence-corrected chi connectivity index (χ4v) is 3.69. The summed E-state index contributed by atoms with van der Waals surface area (Å²) in [5.41, 5.74) is 9.44. The van der Waals surface area contributed by atoms with Crippen LogP contribution in [0.3, 0.4) is 0 Å². The third-order valence-electron chi connectivity index (χ3n) is 4.13. The van der Waals surface area contributed by atoms with Crippen molar-refractivity contribution in [3.05, 3.63) is 70.6 Å². The molecule has 4 aromatic rings. The van der Waals surface area contributed by atoms with Gasteiger partial charge in [-0.1, -0.05) is 35.5 Å². The van der Waals surface area contributed by atoms with E-state index in [1.165, 1.54) is 16.0 Å². The largest absolute Gasteiger partial charge is 0.410 e. The van der Waals surface area contributed by atoms with Gasteiger partial charge in [0.2, 0.25) is 5.82 Å². The van der Waals surface area contributed by atoms with Crippen LogP contribution in [-0.4, -0.2) is 41.1 Å². The molecule has 0 spiro atoms. The number of anilines is 1. The average molecular weight is 392 g/mol. The minimum atomic E-state index is 0.213. The summed E-state index contributed by atoms with van der Waals surface area (Å²) in [6.45, 7) is 0. The second-order valence-corrected chi connectivity index (χ2v) is 6.86. The monoisotopic (exact) mass is 392 g/mol. The van der Waals surface area contributed by atoms with E-state index in [4.69, 9.17) is 5.73 Å². The molecule has 0 radical (unpaired) electrons. The number of aromatic nitrogens is 6. The molecule has 0 saturated heterocycles. The maximum Gasteiger partial charge on any atom is 0.206 e. The molecular formula is C18H16N8OS. The molecule has 0 atom stereocenters. The molecule has 1 aromatic carbocycles. The number of tetrazole rings is 1. The predicted molar refractivity (Wildman–Crippen MR) is 105 cm³/mol. The molecule has 0 saturated carbocycles. The first kappa shape index (κ1) is 17.7. The molecule has 0 aliphatic rings. The van der Waals surface area contributed by atoms with Gasteiger partial charge in [0, 0.05) is 30.1 Å². The van der Waals surface area contributed by atoms with Crippen LogP contribution < -0.4 is 5.73 Å². The van der Waals surface area contributed by atoms with Crippen molar-refractivity contribution < 1.29 is 5.21 Å². The van der Waals surface area contributed by atoms with E-state index < -0.39 is 0 Å². The van der Waals surface area contributed by atoms with Crippen LogP contribution in [0.15, 0.2) is 53.0 Å². The summed E-state index contributed by atoms with van der Waals surface area (Å²) in [4.78, 5) is 9.02. The molecule has 140 valence electrons. The minimum Gasteiger partial charge on any atom is -0.410 e. The first-order valence-electron chi connectivity index (χ1n) is 8.36. The lowest BCUT2D eigenvalue weighted by molar-refractivity contribution is 0.319. The Kier molecular flexibility index (Phi) is 4.77. The van der Waals surface area contributed by atoms with Crippen molar-refractivity contribution >= 4 is 22.9 Å². The van der Waals surface area contributed by atoms with Crippen molar-refractivity contribution in [3.8, 4) is 10.6 Å². The lowest BCUT2D eigenvalue weighted by atomic mass is 10.0. The zero-order valence-corrected chi connectivity index (χ0v) is 15.7. The highest BCUT2D eigenvalue weighted by Gasteiger charge is 2.19. The van der Waals surface area contributed by atoms with Crippen LogP contribution in [-0.2, 0) is 13.5 Å². The van der Waals surface area contributed by atoms with Crippen LogP contribution in [0.25, 0.3) is 10.6 Å². The van der Waals surface area contributed by atoms with E-state index in [0.717, 1.165) is 21.8 Å². The highest BCUT2D eigenvalue weighted by Crippen LogP contribution is 2.29. The smallest absolute Gasteiger partial charge is 0.206 e. The topological polar surface area (TPSA) is 128 Å². The van der Waals surface area contributed by atoms with Crippen molar-refractivity contribution in [2.75, 3.05) is 5.73 Å². The maximum absolute atomic E-state index is 9.45. The number of hydrogen-bond acceptors (Lipinski definition) is 9. The molecule has 28 heavy (non-hydrogen) atoms. The Morgan fingerprint density at radius 1 is 1.18 bits per heavy atom. The van der Waals surface area contributed by atoms with Crippen LogP contribution in [0.1, 0.15) is 22.8 Å². The third-order valence-corrected chi connectivity index (χ3v) is 5.00. The van der Waals surface area contributed by atoms with Crippen molar-refractivity contribution in [3.63, 3.8) is 0 Å². The van der Waals surface area contributed by atoms with Gasteiger partial charge in [-0.05, 0) is 28.1 Å². The van der Waals surface area contributed by atoms with Gasteiger partial charge in [-0.25, -0.2) is 14.6 Å². The SMILES string of the molecule is Cn1nnnc1C(=NO)c1csc(-c2ccccc2Cc2cccc(N)n2)n1. The lowest BCUT2D eigenvalue weighted by Gasteiger charge is -2.07. The number of nitrogens with two attached hydrogens (primary N) is 1. The maximum atomic E-state index is 9.45. The van der Waals surface area contributed by atoms with E-state index in [-0.39, 0.29) is 5.71 Å². The summed E-state index contributed by atoms with van der Waals surface area (Å²) < 4.78 is 1.42. The summed E-state index contributed by atoms with van der Waals surface area (Å²) >= 11 is 1.45. The van der Waals surface area contributed by atoms with Crippen LogP contribution >= 0.6 is 11.3 Å². The van der Waals surface area contributed by atoms with Crippen molar-refractivity contribution in [2.24, 2.45) is 12.2 Å². The van der Waals surface area contributed by atoms with Gasteiger partial charge < -0.3 is 10.9 Å². The van der Waals surface area contributed by atoms with E-state index in [1.54, 1.807) is 13.1 Å². The summed E-state index contributed by atoms with van der Waals surface area (Å²) in [6.07, 6.45) is 0.629. The van der Waals surface area contributed by atoms with Gasteiger partial charge in [0.05, 0.1) is 0 Å². The van der Waals surface area contributed by atoms with Crippen LogP contribution in [0.5, 0.6) is 0 Å². The van der Waals surface area contributed by atoms with E-state index >= 15 is 0 Å². The zero-order chi connectivity index (χ0) is 19.5. The predicted octanol–water partition coefficient (Wildman–Crippen LogP) is 2.13. The second-order valence-electron chi connectivity index (χ2n) is 6.00. The number of aryl methyl sites for hydroxylation is 1. The minimum absolute atomic E-state index is 0.213. The number of oxime groups is 1. The molecular weight excluding hydrogens is 376 g/mol. The fraction of sp³-hybridized carbons (Fsp3) is 0.111. The molecule has 4 rings (SSSR count). The summed E-state index contributed by atoms with van der Waals surface area (Å²) in [5, 5.41) is 26.6. The van der Waals surface area contributed by atoms with Crippen LogP contribution in [0.2, 0.25) is 0 Å². The van der Waals surface area contributed by atoms with Crippen molar-refractivity contribution in [1.82, 2.24) is 30.2 Å². The second kappa shape index (κ2) is 7.53. The van der Waals surface area contributed by atoms with Gasteiger partial charge in [0.25, 0.3) is 0 Å². The molecule has 3 N–H and O–H groups in total. The Balaban J connectivity index is 1.69. The molecule has 0 bridgehead atoms. The van der Waals surface area contributed by atoms with Gasteiger partial charge in [-0.3, -0.25) is 0 Å². The van der Waals surface area contributed by atoms with Crippen molar-refractivity contribution in [1.29, 1.82) is 0 Å². The first-order valence-corrected chi connectivity index (χ1v) is 9.24. The van der Waals surface area contributed by atoms with E-state index in [9.17, 15) is 5.21 Å². The molecule has 3 heterocycles. The Labute approximate surface area is 164 Å². The van der Waals surface area contributed by atoms with Gasteiger partial charge in [0.1, 0.15) is 16.5 Å². The average Bonchev–Trinajstić information content (AvgIpc) is 3.33. The number of benzene rings is 1. The number of nitrogens with zero attached hydrogens (tertiary/aromatic N) is 7. The van der Waals surface area contributed by atoms with E-state index in [1.807, 2.05) is 41.8 Å². The number of hydrogen-bond donors (Lipinski definition) is 2.